The SMILES string of the molecule is CCCCN1c2cc(C)c(/N=C3\C(C#N)=C(S(=O)(=O)c4c(C)cc(C)cc4C)c4nc(-c5ccc(OC)c(NC(=O)CC(C)C(=O)O)c5)nn43)cc2C(C)CC1(C)C. The Hall–Kier alpha value is -5.81. The Morgan fingerprint density at radius 3 is 2.41 bits per heavy atom. The molecule has 0 radical (unpaired) electrons. The molecule has 0 saturated heterocycles. The quantitative estimate of drug-likeness (QED) is 0.141. The van der Waals surface area contributed by atoms with Crippen molar-refractivity contribution in [2.24, 2.45) is 10.9 Å². The number of hydrogen-bond acceptors (Lipinski definition) is 10. The first-order valence-electron chi connectivity index (χ1n) is 19.5. The number of hydrogen-bond donors (Lipinski definition) is 2. The number of aryl methyl sites for hydroxylation is 4. The molecule has 13 nitrogen and oxygen atoms in total. The normalized spacial score (nSPS) is 17.2. The number of anilines is 2. The first-order valence-corrected chi connectivity index (χ1v) is 21.0. The van der Waals surface area contributed by atoms with Crippen molar-refractivity contribution in [2.45, 2.75) is 104 Å². The van der Waals surface area contributed by atoms with Crippen LogP contribution >= 0.6 is 0 Å². The summed E-state index contributed by atoms with van der Waals surface area (Å²) in [5.41, 5.74) is 6.09. The van der Waals surface area contributed by atoms with Gasteiger partial charge in [-0.05, 0) is 113 Å². The Morgan fingerprint density at radius 1 is 1.10 bits per heavy atom. The molecule has 4 aromatic rings. The van der Waals surface area contributed by atoms with Crippen molar-refractivity contribution in [1.29, 1.82) is 5.26 Å². The molecule has 6 rings (SSSR count). The number of carboxylic acids is 1. The van der Waals surface area contributed by atoms with Crippen LogP contribution in [0.25, 0.3) is 16.3 Å². The maximum atomic E-state index is 14.9. The molecule has 0 saturated carbocycles. The third kappa shape index (κ3) is 7.63. The van der Waals surface area contributed by atoms with Crippen LogP contribution in [0.15, 0.2) is 57.9 Å². The minimum Gasteiger partial charge on any atom is -0.495 e. The lowest BCUT2D eigenvalue weighted by atomic mass is 9.79. The molecule has 3 heterocycles. The van der Waals surface area contributed by atoms with Crippen LogP contribution in [0.1, 0.15) is 99.9 Å². The molecular formula is C44H51N7O6S. The van der Waals surface area contributed by atoms with E-state index in [-0.39, 0.29) is 56.4 Å². The number of aliphatic carboxylic acids is 1. The van der Waals surface area contributed by atoms with Gasteiger partial charge in [-0.2, -0.15) is 9.94 Å². The first kappa shape index (κ1) is 41.8. The summed E-state index contributed by atoms with van der Waals surface area (Å²) < 4.78 is 36.6. The Bertz CT molecular complexity index is 2540. The largest absolute Gasteiger partial charge is 0.495 e. The molecule has 0 bridgehead atoms. The predicted octanol–water partition coefficient (Wildman–Crippen LogP) is 8.43. The molecule has 58 heavy (non-hydrogen) atoms. The molecule has 2 atom stereocenters. The second-order valence-electron chi connectivity index (χ2n) is 16.2. The molecule has 2 unspecified atom stereocenters. The van der Waals surface area contributed by atoms with Gasteiger partial charge >= 0.3 is 5.97 Å². The van der Waals surface area contributed by atoms with E-state index in [0.717, 1.165) is 48.2 Å². The average Bonchev–Trinajstić information content (AvgIpc) is 3.68. The summed E-state index contributed by atoms with van der Waals surface area (Å²) >= 11 is 0. The molecule has 304 valence electrons. The van der Waals surface area contributed by atoms with Crippen molar-refractivity contribution in [3.05, 3.63) is 81.7 Å². The van der Waals surface area contributed by atoms with E-state index >= 15 is 0 Å². The fourth-order valence-electron chi connectivity index (χ4n) is 8.31. The number of carbonyl (C=O) groups is 2. The molecule has 0 aliphatic carbocycles. The van der Waals surface area contributed by atoms with E-state index in [1.807, 2.05) is 19.9 Å². The summed E-state index contributed by atoms with van der Waals surface area (Å²) in [5, 5.41) is 27.6. The van der Waals surface area contributed by atoms with E-state index in [0.29, 0.717) is 28.1 Å². The summed E-state index contributed by atoms with van der Waals surface area (Å²) in [6, 6.07) is 14.8. The predicted molar refractivity (Wildman–Crippen MR) is 225 cm³/mol. The summed E-state index contributed by atoms with van der Waals surface area (Å²) in [7, 11) is -2.95. The van der Waals surface area contributed by atoms with Gasteiger partial charge in [0, 0.05) is 29.8 Å². The van der Waals surface area contributed by atoms with E-state index in [9.17, 15) is 28.4 Å². The molecule has 3 aromatic carbocycles. The van der Waals surface area contributed by atoms with Crippen molar-refractivity contribution in [3.8, 4) is 23.2 Å². The highest BCUT2D eigenvalue weighted by Gasteiger charge is 2.42. The number of allylic oxidation sites excluding steroid dienone is 1. The number of fused-ring (bicyclic) bond motifs is 2. The fourth-order valence-corrected chi connectivity index (χ4v) is 10.3. The smallest absolute Gasteiger partial charge is 0.306 e. The fraction of sp³-hybridized carbons (Fsp3) is 0.409. The zero-order chi connectivity index (χ0) is 42.4. The number of amides is 1. The molecule has 14 heteroatoms. The van der Waals surface area contributed by atoms with Crippen molar-refractivity contribution < 1.29 is 27.9 Å². The Kier molecular flexibility index (Phi) is 11.4. The van der Waals surface area contributed by atoms with Gasteiger partial charge in [0.05, 0.1) is 29.3 Å². The van der Waals surface area contributed by atoms with E-state index in [4.69, 9.17) is 19.8 Å². The van der Waals surface area contributed by atoms with Crippen LogP contribution in [0.4, 0.5) is 17.1 Å². The summed E-state index contributed by atoms with van der Waals surface area (Å²) in [5.74, 6) is -1.98. The standard InChI is InChI=1S/C44H51N7O6S/c1-11-12-15-50-35-18-25(3)33(21-31(35)29(7)22-44(50,8)9)47-41-32(23-45)39(58(55,56)38-26(4)16-24(2)17-27(38)5)42-48-40(49-51(41)42)30-13-14-36(57-10)34(20-30)46-37(52)19-28(6)43(53)54/h13-14,16-18,20-21,28-29H,11-12,15,19,22H2,1-10H3,(H,46,52)(H,53,54)/b47-41+. The summed E-state index contributed by atoms with van der Waals surface area (Å²) in [6.45, 7) is 18.6. The van der Waals surface area contributed by atoms with Crippen LogP contribution in [-0.2, 0) is 19.4 Å². The minimum absolute atomic E-state index is 0.0246. The first-order chi connectivity index (χ1) is 27.3. The molecule has 1 amide bonds. The summed E-state index contributed by atoms with van der Waals surface area (Å²) in [4.78, 5) is 36.3. The van der Waals surface area contributed by atoms with Crippen molar-refractivity contribution in [2.75, 3.05) is 23.9 Å². The van der Waals surface area contributed by atoms with Gasteiger partial charge < -0.3 is 20.1 Å². The number of methoxy groups -OCH3 is 1. The minimum atomic E-state index is -4.38. The molecule has 1 aromatic heterocycles. The van der Waals surface area contributed by atoms with Crippen LogP contribution in [-0.4, -0.2) is 65.2 Å². The molecule has 2 aliphatic heterocycles. The zero-order valence-electron chi connectivity index (χ0n) is 34.8. The van der Waals surface area contributed by atoms with Gasteiger partial charge in [-0.3, -0.25) is 9.59 Å². The second kappa shape index (κ2) is 15.9. The van der Waals surface area contributed by atoms with Crippen LogP contribution in [0.5, 0.6) is 5.75 Å². The third-order valence-corrected chi connectivity index (χ3v) is 13.1. The number of aromatic nitrogens is 3. The van der Waals surface area contributed by atoms with Crippen molar-refractivity contribution >= 4 is 49.5 Å². The number of unbranched alkanes of at least 4 members (excludes halogenated alkanes) is 1. The highest BCUT2D eigenvalue weighted by Crippen LogP contribution is 2.47. The van der Waals surface area contributed by atoms with Crippen molar-refractivity contribution in [1.82, 2.24) is 14.8 Å². The molecule has 0 fully saturated rings. The lowest BCUT2D eigenvalue weighted by molar-refractivity contribution is -0.142. The number of aliphatic imine (C=N–C) groups is 1. The van der Waals surface area contributed by atoms with E-state index in [2.05, 4.69) is 50.0 Å². The van der Waals surface area contributed by atoms with Crippen LogP contribution in [0, 0.1) is 44.9 Å². The number of nitrogens with one attached hydrogen (secondary N) is 1. The second-order valence-corrected chi connectivity index (χ2v) is 18.0. The number of carboxylic acid groups (broad SMARTS) is 1. The monoisotopic (exact) mass is 805 g/mol. The highest BCUT2D eigenvalue weighted by atomic mass is 32.2. The van der Waals surface area contributed by atoms with E-state index < -0.39 is 27.6 Å². The van der Waals surface area contributed by atoms with Crippen LogP contribution < -0.4 is 15.0 Å². The summed E-state index contributed by atoms with van der Waals surface area (Å²) in [6.07, 6.45) is 2.79. The Morgan fingerprint density at radius 2 is 1.79 bits per heavy atom. The molecule has 0 spiro atoms. The highest BCUT2D eigenvalue weighted by molar-refractivity contribution is 8.00. The Balaban J connectivity index is 1.56. The van der Waals surface area contributed by atoms with Gasteiger partial charge in [0.1, 0.15) is 22.3 Å². The number of nitriles is 1. The lowest BCUT2D eigenvalue weighted by Gasteiger charge is -2.48. The average molecular weight is 806 g/mol. The lowest BCUT2D eigenvalue weighted by Crippen LogP contribution is -2.48. The van der Waals surface area contributed by atoms with Crippen LogP contribution in [0.2, 0.25) is 0 Å². The number of ether oxygens (including phenoxy) is 1. The van der Waals surface area contributed by atoms with E-state index in [1.165, 1.54) is 18.7 Å². The van der Waals surface area contributed by atoms with Gasteiger partial charge in [-0.1, -0.05) is 44.9 Å². The van der Waals surface area contributed by atoms with Crippen molar-refractivity contribution in [3.63, 3.8) is 0 Å². The Labute approximate surface area is 340 Å². The van der Waals surface area contributed by atoms with Gasteiger partial charge in [-0.15, -0.1) is 5.10 Å². The molecular weight excluding hydrogens is 755 g/mol. The molecule has 2 N–H and O–H groups in total. The number of benzene rings is 3. The number of nitrogens with zero attached hydrogens (tertiary/aromatic N) is 6. The maximum Gasteiger partial charge on any atom is 0.306 e. The van der Waals surface area contributed by atoms with Crippen LogP contribution in [0.3, 0.4) is 0 Å². The number of carbonyl (C=O) groups excluding carboxylic acids is 1. The van der Waals surface area contributed by atoms with E-state index in [1.54, 1.807) is 44.2 Å². The third-order valence-electron chi connectivity index (χ3n) is 11.0. The number of sulfone groups is 1. The van der Waals surface area contributed by atoms with Gasteiger partial charge in [0.25, 0.3) is 0 Å². The van der Waals surface area contributed by atoms with Gasteiger partial charge in [0.15, 0.2) is 17.5 Å². The maximum absolute atomic E-state index is 14.9. The molecule has 2 aliphatic rings. The van der Waals surface area contributed by atoms with Gasteiger partial charge in [0.2, 0.25) is 15.7 Å². The topological polar surface area (TPSA) is 180 Å². The number of rotatable bonds is 12. The van der Waals surface area contributed by atoms with Gasteiger partial charge in [-0.25, -0.2) is 18.4 Å². The zero-order valence-corrected chi connectivity index (χ0v) is 35.6.